The van der Waals surface area contributed by atoms with E-state index in [2.05, 4.69) is 17.4 Å². The van der Waals surface area contributed by atoms with Crippen molar-refractivity contribution in [2.75, 3.05) is 31.6 Å². The number of benzene rings is 1. The van der Waals surface area contributed by atoms with Gasteiger partial charge in [-0.1, -0.05) is 31.0 Å². The summed E-state index contributed by atoms with van der Waals surface area (Å²) in [5, 5.41) is 3.38. The largest absolute Gasteiger partial charge is 0.382 e. The van der Waals surface area contributed by atoms with Crippen LogP contribution in [0.5, 0.6) is 0 Å². The van der Waals surface area contributed by atoms with Gasteiger partial charge in [-0.15, -0.1) is 0 Å². The molecule has 4 heteroatoms. The fourth-order valence-corrected chi connectivity index (χ4v) is 3.13. The van der Waals surface area contributed by atoms with Crippen LogP contribution in [-0.2, 0) is 16.0 Å². The number of hydrogen-bond donors (Lipinski definition) is 1. The first-order chi connectivity index (χ1) is 10.3. The van der Waals surface area contributed by atoms with Gasteiger partial charge in [0.15, 0.2) is 0 Å². The maximum Gasteiger partial charge on any atom is 0.248 e. The SMILES string of the molecule is O=C(COC1CNc2ccccc2C1)N1CCCCCC1. The van der Waals surface area contributed by atoms with Crippen LogP contribution < -0.4 is 5.32 Å². The molecule has 2 aliphatic rings. The molecule has 1 amide bonds. The summed E-state index contributed by atoms with van der Waals surface area (Å²) in [6, 6.07) is 8.30. The molecule has 1 fully saturated rings. The molecule has 0 aliphatic carbocycles. The number of para-hydroxylation sites is 1. The summed E-state index contributed by atoms with van der Waals surface area (Å²) in [5.41, 5.74) is 2.46. The van der Waals surface area contributed by atoms with Gasteiger partial charge in [0, 0.05) is 31.7 Å². The van der Waals surface area contributed by atoms with Crippen molar-refractivity contribution < 1.29 is 9.53 Å². The number of likely N-dealkylation sites (tertiary alicyclic amines) is 1. The van der Waals surface area contributed by atoms with E-state index in [1.54, 1.807) is 0 Å². The zero-order chi connectivity index (χ0) is 14.5. The Bertz CT molecular complexity index is 481. The van der Waals surface area contributed by atoms with Crippen LogP contribution in [0.1, 0.15) is 31.2 Å². The first kappa shape index (κ1) is 14.4. The average Bonchev–Trinajstić information content (AvgIpc) is 2.81. The number of rotatable bonds is 3. The summed E-state index contributed by atoms with van der Waals surface area (Å²) >= 11 is 0. The molecular formula is C17H24N2O2. The number of amides is 1. The third-order valence-corrected chi connectivity index (χ3v) is 4.39. The van der Waals surface area contributed by atoms with Gasteiger partial charge in [0.05, 0.1) is 6.10 Å². The van der Waals surface area contributed by atoms with Crippen molar-refractivity contribution >= 4 is 11.6 Å². The quantitative estimate of drug-likeness (QED) is 0.929. The third kappa shape index (κ3) is 3.76. The summed E-state index contributed by atoms with van der Waals surface area (Å²) in [4.78, 5) is 14.2. The number of fused-ring (bicyclic) bond motifs is 1. The highest BCUT2D eigenvalue weighted by molar-refractivity contribution is 5.77. The van der Waals surface area contributed by atoms with Crippen LogP contribution in [0, 0.1) is 0 Å². The predicted molar refractivity (Wildman–Crippen MR) is 83.4 cm³/mol. The molecule has 1 atom stereocenters. The number of carbonyl (C=O) groups is 1. The Morgan fingerprint density at radius 3 is 2.76 bits per heavy atom. The number of carbonyl (C=O) groups excluding carboxylic acids is 1. The van der Waals surface area contributed by atoms with Crippen LogP contribution in [0.15, 0.2) is 24.3 Å². The molecule has 0 bridgehead atoms. The summed E-state index contributed by atoms with van der Waals surface area (Å²) in [6.07, 6.45) is 5.72. The zero-order valence-electron chi connectivity index (χ0n) is 12.5. The number of anilines is 1. The first-order valence-corrected chi connectivity index (χ1v) is 8.04. The van der Waals surface area contributed by atoms with Crippen molar-refractivity contribution in [1.29, 1.82) is 0 Å². The topological polar surface area (TPSA) is 41.6 Å². The molecule has 1 saturated heterocycles. The molecule has 114 valence electrons. The van der Waals surface area contributed by atoms with Gasteiger partial charge in [0.25, 0.3) is 0 Å². The zero-order valence-corrected chi connectivity index (χ0v) is 12.5. The lowest BCUT2D eigenvalue weighted by Gasteiger charge is -2.27. The second-order valence-corrected chi connectivity index (χ2v) is 5.97. The molecule has 1 aromatic rings. The fraction of sp³-hybridized carbons (Fsp3) is 0.588. The van der Waals surface area contributed by atoms with E-state index in [1.165, 1.54) is 24.1 Å². The van der Waals surface area contributed by atoms with Crippen molar-refractivity contribution in [2.24, 2.45) is 0 Å². The smallest absolute Gasteiger partial charge is 0.248 e. The lowest BCUT2D eigenvalue weighted by atomic mass is 10.0. The maximum absolute atomic E-state index is 12.2. The minimum atomic E-state index is 0.0934. The van der Waals surface area contributed by atoms with Gasteiger partial charge >= 0.3 is 0 Å². The lowest BCUT2D eigenvalue weighted by molar-refractivity contribution is -0.137. The van der Waals surface area contributed by atoms with E-state index >= 15 is 0 Å². The molecule has 2 heterocycles. The molecule has 21 heavy (non-hydrogen) atoms. The molecular weight excluding hydrogens is 264 g/mol. The van der Waals surface area contributed by atoms with Gasteiger partial charge in [-0.05, 0) is 24.5 Å². The summed E-state index contributed by atoms with van der Waals surface area (Å²) in [5.74, 6) is 0.149. The molecule has 2 aliphatic heterocycles. The molecule has 1 aromatic carbocycles. The van der Waals surface area contributed by atoms with Gasteiger partial charge in [0.1, 0.15) is 6.61 Å². The Kier molecular flexibility index (Phi) is 4.76. The third-order valence-electron chi connectivity index (χ3n) is 4.39. The van der Waals surface area contributed by atoms with E-state index in [0.717, 1.165) is 38.9 Å². The minimum absolute atomic E-state index is 0.0934. The molecule has 4 nitrogen and oxygen atoms in total. The lowest BCUT2D eigenvalue weighted by Crippen LogP contribution is -2.38. The maximum atomic E-state index is 12.2. The van der Waals surface area contributed by atoms with E-state index in [-0.39, 0.29) is 18.6 Å². The Hall–Kier alpha value is -1.55. The van der Waals surface area contributed by atoms with E-state index in [1.807, 2.05) is 17.0 Å². The number of hydrogen-bond acceptors (Lipinski definition) is 3. The number of nitrogens with zero attached hydrogens (tertiary/aromatic N) is 1. The monoisotopic (exact) mass is 288 g/mol. The molecule has 0 spiro atoms. The highest BCUT2D eigenvalue weighted by atomic mass is 16.5. The van der Waals surface area contributed by atoms with Gasteiger partial charge < -0.3 is 15.0 Å². The van der Waals surface area contributed by atoms with Crippen molar-refractivity contribution in [1.82, 2.24) is 4.90 Å². The molecule has 0 aromatic heterocycles. The highest BCUT2D eigenvalue weighted by Crippen LogP contribution is 2.22. The van der Waals surface area contributed by atoms with Crippen LogP contribution in [0.2, 0.25) is 0 Å². The van der Waals surface area contributed by atoms with Gasteiger partial charge in [-0.2, -0.15) is 0 Å². The molecule has 0 radical (unpaired) electrons. The highest BCUT2D eigenvalue weighted by Gasteiger charge is 2.21. The second kappa shape index (κ2) is 6.94. The van der Waals surface area contributed by atoms with Crippen LogP contribution in [-0.4, -0.2) is 43.2 Å². The van der Waals surface area contributed by atoms with E-state index in [0.29, 0.717) is 0 Å². The van der Waals surface area contributed by atoms with Crippen molar-refractivity contribution in [2.45, 2.75) is 38.2 Å². The Labute approximate surface area is 126 Å². The second-order valence-electron chi connectivity index (χ2n) is 5.97. The average molecular weight is 288 g/mol. The first-order valence-electron chi connectivity index (χ1n) is 8.04. The van der Waals surface area contributed by atoms with Gasteiger partial charge in [-0.3, -0.25) is 4.79 Å². The Balaban J connectivity index is 1.48. The van der Waals surface area contributed by atoms with Crippen molar-refractivity contribution in [3.63, 3.8) is 0 Å². The molecule has 1 unspecified atom stereocenters. The van der Waals surface area contributed by atoms with E-state index in [4.69, 9.17) is 4.74 Å². The molecule has 1 N–H and O–H groups in total. The number of nitrogens with one attached hydrogen (secondary N) is 1. The van der Waals surface area contributed by atoms with Crippen LogP contribution in [0.3, 0.4) is 0 Å². The normalized spacial score (nSPS) is 22.1. The molecule has 0 saturated carbocycles. The fourth-order valence-electron chi connectivity index (χ4n) is 3.13. The van der Waals surface area contributed by atoms with Crippen molar-refractivity contribution in [3.05, 3.63) is 29.8 Å². The Morgan fingerprint density at radius 2 is 1.95 bits per heavy atom. The van der Waals surface area contributed by atoms with Crippen molar-refractivity contribution in [3.8, 4) is 0 Å². The van der Waals surface area contributed by atoms with Crippen LogP contribution in [0.4, 0.5) is 5.69 Å². The Morgan fingerprint density at radius 1 is 1.19 bits per heavy atom. The van der Waals surface area contributed by atoms with E-state index < -0.39 is 0 Å². The van der Waals surface area contributed by atoms with Crippen LogP contribution in [0.25, 0.3) is 0 Å². The van der Waals surface area contributed by atoms with E-state index in [9.17, 15) is 4.79 Å². The minimum Gasteiger partial charge on any atom is -0.382 e. The summed E-state index contributed by atoms with van der Waals surface area (Å²) in [7, 11) is 0. The van der Waals surface area contributed by atoms with Crippen LogP contribution >= 0.6 is 0 Å². The standard InChI is InChI=1S/C17H24N2O2/c20-17(19-9-5-1-2-6-10-19)13-21-15-11-14-7-3-4-8-16(14)18-12-15/h3-4,7-8,15,18H,1-2,5-6,9-13H2. The molecule has 3 rings (SSSR count). The summed E-state index contributed by atoms with van der Waals surface area (Å²) < 4.78 is 5.84. The predicted octanol–water partition coefficient (Wildman–Crippen LogP) is 2.44. The van der Waals surface area contributed by atoms with Gasteiger partial charge in [-0.25, -0.2) is 0 Å². The van der Waals surface area contributed by atoms with Gasteiger partial charge in [0.2, 0.25) is 5.91 Å². The number of ether oxygens (including phenoxy) is 1. The summed E-state index contributed by atoms with van der Waals surface area (Å²) in [6.45, 7) is 2.79.